The van der Waals surface area contributed by atoms with E-state index < -0.39 is 0 Å². The van der Waals surface area contributed by atoms with Gasteiger partial charge in [0.15, 0.2) is 0 Å². The van der Waals surface area contributed by atoms with Gasteiger partial charge in [-0.25, -0.2) is 4.68 Å². The number of tetrazole rings is 1. The van der Waals surface area contributed by atoms with Gasteiger partial charge in [-0.1, -0.05) is 24.9 Å². The minimum atomic E-state index is 0.155. The molecule has 1 aliphatic heterocycles. The second-order valence-corrected chi connectivity index (χ2v) is 7.09. The van der Waals surface area contributed by atoms with Crippen molar-refractivity contribution in [3.8, 4) is 0 Å². The number of amides is 1. The van der Waals surface area contributed by atoms with Crippen molar-refractivity contribution < 1.29 is 4.79 Å². The molecular formula is C16H28N6O. The highest BCUT2D eigenvalue weighted by Gasteiger charge is 2.37. The van der Waals surface area contributed by atoms with Gasteiger partial charge in [-0.05, 0) is 41.5 Å². The lowest BCUT2D eigenvalue weighted by atomic mass is 9.66. The van der Waals surface area contributed by atoms with Crippen LogP contribution in [0.5, 0.6) is 0 Å². The largest absolute Gasteiger partial charge is 0.341 e. The smallest absolute Gasteiger partial charge is 0.245 e. The fraction of sp³-hybridized carbons (Fsp3) is 0.875. The van der Waals surface area contributed by atoms with E-state index in [-0.39, 0.29) is 5.91 Å². The van der Waals surface area contributed by atoms with E-state index in [4.69, 9.17) is 0 Å². The van der Waals surface area contributed by atoms with Gasteiger partial charge < -0.3 is 9.80 Å². The molecule has 0 atom stereocenters. The fourth-order valence-electron chi connectivity index (χ4n) is 3.97. The SMILES string of the molecule is CCCC1(Cn2nnnc2N2CCCN(C(C)=O)CC2)CCC1. The van der Waals surface area contributed by atoms with Gasteiger partial charge >= 0.3 is 0 Å². The van der Waals surface area contributed by atoms with Crippen molar-refractivity contribution in [2.75, 3.05) is 31.1 Å². The van der Waals surface area contributed by atoms with E-state index in [1.54, 1.807) is 6.92 Å². The Hall–Kier alpha value is -1.66. The maximum absolute atomic E-state index is 11.6. The summed E-state index contributed by atoms with van der Waals surface area (Å²) >= 11 is 0. The molecule has 1 saturated heterocycles. The molecule has 1 saturated carbocycles. The fourth-order valence-corrected chi connectivity index (χ4v) is 3.97. The summed E-state index contributed by atoms with van der Waals surface area (Å²) in [5, 5.41) is 12.5. The minimum Gasteiger partial charge on any atom is -0.341 e. The highest BCUT2D eigenvalue weighted by Crippen LogP contribution is 2.46. The molecule has 0 radical (unpaired) electrons. The van der Waals surface area contributed by atoms with Crippen molar-refractivity contribution in [1.82, 2.24) is 25.1 Å². The Kier molecular flexibility index (Phi) is 4.82. The number of carbonyl (C=O) groups excluding carboxylic acids is 1. The Morgan fingerprint density at radius 2 is 2.00 bits per heavy atom. The second-order valence-electron chi connectivity index (χ2n) is 7.09. The lowest BCUT2D eigenvalue weighted by Gasteiger charge is -2.42. The third-order valence-electron chi connectivity index (χ3n) is 5.42. The number of nitrogens with zero attached hydrogens (tertiary/aromatic N) is 6. The molecule has 0 bridgehead atoms. The van der Waals surface area contributed by atoms with Crippen molar-refractivity contribution in [3.05, 3.63) is 0 Å². The summed E-state index contributed by atoms with van der Waals surface area (Å²) in [4.78, 5) is 15.7. The van der Waals surface area contributed by atoms with E-state index in [1.807, 2.05) is 9.58 Å². The van der Waals surface area contributed by atoms with Crippen LogP contribution in [0.25, 0.3) is 0 Å². The van der Waals surface area contributed by atoms with Crippen LogP contribution in [0.4, 0.5) is 5.95 Å². The molecule has 3 rings (SSSR count). The average molecular weight is 320 g/mol. The number of carbonyl (C=O) groups is 1. The van der Waals surface area contributed by atoms with E-state index >= 15 is 0 Å². The van der Waals surface area contributed by atoms with Gasteiger partial charge in [0.1, 0.15) is 0 Å². The molecule has 0 N–H and O–H groups in total. The van der Waals surface area contributed by atoms with Crippen molar-refractivity contribution in [3.63, 3.8) is 0 Å². The van der Waals surface area contributed by atoms with E-state index in [1.165, 1.54) is 32.1 Å². The summed E-state index contributed by atoms with van der Waals surface area (Å²) in [6.45, 7) is 8.12. The summed E-state index contributed by atoms with van der Waals surface area (Å²) in [5.41, 5.74) is 0.399. The summed E-state index contributed by atoms with van der Waals surface area (Å²) in [6, 6.07) is 0. The van der Waals surface area contributed by atoms with Gasteiger partial charge in [-0.3, -0.25) is 4.79 Å². The highest BCUT2D eigenvalue weighted by atomic mass is 16.2. The van der Waals surface area contributed by atoms with Crippen LogP contribution in [-0.2, 0) is 11.3 Å². The van der Waals surface area contributed by atoms with Gasteiger partial charge in [0.2, 0.25) is 11.9 Å². The Labute approximate surface area is 138 Å². The maximum Gasteiger partial charge on any atom is 0.245 e. The van der Waals surface area contributed by atoms with E-state index in [9.17, 15) is 4.79 Å². The van der Waals surface area contributed by atoms with Gasteiger partial charge in [0.25, 0.3) is 0 Å². The molecular weight excluding hydrogens is 292 g/mol. The van der Waals surface area contributed by atoms with Crippen LogP contribution in [0.1, 0.15) is 52.4 Å². The molecule has 1 aliphatic carbocycles. The number of anilines is 1. The van der Waals surface area contributed by atoms with Crippen molar-refractivity contribution in [2.45, 2.75) is 58.9 Å². The molecule has 0 aromatic carbocycles. The zero-order chi connectivity index (χ0) is 16.3. The molecule has 1 aromatic heterocycles. The summed E-state index contributed by atoms with van der Waals surface area (Å²) in [7, 11) is 0. The third kappa shape index (κ3) is 3.48. The van der Waals surface area contributed by atoms with Crippen LogP contribution in [0.15, 0.2) is 0 Å². The van der Waals surface area contributed by atoms with E-state index in [0.29, 0.717) is 5.41 Å². The Balaban J connectivity index is 1.69. The predicted molar refractivity (Wildman–Crippen MR) is 88.1 cm³/mol. The molecule has 7 heteroatoms. The second kappa shape index (κ2) is 6.84. The minimum absolute atomic E-state index is 0.155. The maximum atomic E-state index is 11.6. The van der Waals surface area contributed by atoms with Gasteiger partial charge in [0, 0.05) is 33.1 Å². The first-order chi connectivity index (χ1) is 11.1. The van der Waals surface area contributed by atoms with Gasteiger partial charge in [-0.2, -0.15) is 0 Å². The molecule has 1 amide bonds. The van der Waals surface area contributed by atoms with E-state index in [2.05, 4.69) is 27.3 Å². The van der Waals surface area contributed by atoms with Crippen LogP contribution in [0.3, 0.4) is 0 Å². The Morgan fingerprint density at radius 1 is 1.17 bits per heavy atom. The Morgan fingerprint density at radius 3 is 2.65 bits per heavy atom. The summed E-state index contributed by atoms with van der Waals surface area (Å²) < 4.78 is 2.00. The van der Waals surface area contributed by atoms with Crippen LogP contribution in [-0.4, -0.2) is 57.2 Å². The molecule has 0 spiro atoms. The number of hydrogen-bond donors (Lipinski definition) is 0. The first-order valence-electron chi connectivity index (χ1n) is 8.90. The van der Waals surface area contributed by atoms with Crippen molar-refractivity contribution >= 4 is 11.9 Å². The van der Waals surface area contributed by atoms with Gasteiger partial charge in [-0.15, -0.1) is 0 Å². The van der Waals surface area contributed by atoms with Crippen molar-refractivity contribution in [2.24, 2.45) is 5.41 Å². The quantitative estimate of drug-likeness (QED) is 0.826. The normalized spacial score (nSPS) is 21.0. The summed E-state index contributed by atoms with van der Waals surface area (Å²) in [6.07, 6.45) is 7.34. The average Bonchev–Trinajstić information content (AvgIpc) is 2.79. The summed E-state index contributed by atoms with van der Waals surface area (Å²) in [5.74, 6) is 1.03. The lowest BCUT2D eigenvalue weighted by molar-refractivity contribution is -0.128. The van der Waals surface area contributed by atoms with Crippen LogP contribution in [0.2, 0.25) is 0 Å². The van der Waals surface area contributed by atoms with Crippen LogP contribution >= 0.6 is 0 Å². The molecule has 2 heterocycles. The van der Waals surface area contributed by atoms with Gasteiger partial charge in [0.05, 0.1) is 6.54 Å². The molecule has 1 aromatic rings. The molecule has 7 nitrogen and oxygen atoms in total. The number of aromatic nitrogens is 4. The third-order valence-corrected chi connectivity index (χ3v) is 5.42. The van der Waals surface area contributed by atoms with Crippen molar-refractivity contribution in [1.29, 1.82) is 0 Å². The van der Waals surface area contributed by atoms with E-state index in [0.717, 1.165) is 45.1 Å². The number of hydrogen-bond acceptors (Lipinski definition) is 5. The molecule has 128 valence electrons. The standard InChI is InChI=1S/C16H28N6O/c1-3-6-16(7-4-8-16)13-22-15(17-18-19-22)21-10-5-9-20(11-12-21)14(2)23/h3-13H2,1-2H3. The first-order valence-corrected chi connectivity index (χ1v) is 8.90. The molecule has 0 unspecified atom stereocenters. The molecule has 23 heavy (non-hydrogen) atoms. The Bertz CT molecular complexity index is 538. The molecule has 2 fully saturated rings. The highest BCUT2D eigenvalue weighted by molar-refractivity contribution is 5.73. The lowest BCUT2D eigenvalue weighted by Crippen LogP contribution is -2.37. The zero-order valence-electron chi connectivity index (χ0n) is 14.4. The topological polar surface area (TPSA) is 67.2 Å². The van der Waals surface area contributed by atoms with Crippen LogP contribution < -0.4 is 4.90 Å². The monoisotopic (exact) mass is 320 g/mol. The van der Waals surface area contributed by atoms with Crippen LogP contribution in [0, 0.1) is 5.41 Å². The first kappa shape index (κ1) is 16.2. The number of rotatable bonds is 5. The predicted octanol–water partition coefficient (Wildman–Crippen LogP) is 1.70. The molecule has 2 aliphatic rings. The zero-order valence-corrected chi connectivity index (χ0v) is 14.4.